The molecule has 2 aromatic carbocycles. The van der Waals surface area contributed by atoms with Gasteiger partial charge in [-0.2, -0.15) is 0 Å². The average Bonchev–Trinajstić information content (AvgIpc) is 3.17. The lowest BCUT2D eigenvalue weighted by molar-refractivity contribution is 0.581. The van der Waals surface area contributed by atoms with Gasteiger partial charge in [0, 0.05) is 25.5 Å². The van der Waals surface area contributed by atoms with Gasteiger partial charge in [0.15, 0.2) is 0 Å². The number of hydrogen-bond acceptors (Lipinski definition) is 3. The molecule has 0 spiro atoms. The van der Waals surface area contributed by atoms with Gasteiger partial charge >= 0.3 is 0 Å². The van der Waals surface area contributed by atoms with Crippen LogP contribution in [0.5, 0.6) is 0 Å². The van der Waals surface area contributed by atoms with Gasteiger partial charge < -0.3 is 4.57 Å². The standard InChI is InChI=1S/C20H22FN3O2S.ClH/c21-19-9-8-17(18(15-19)5-4-13-24-14-12-22-16-24)10-11-23-27(25,26)20-6-2-1-3-7-20;/h1-3,6-9,12,14-16,23H,4-5,10-11,13H2;1H. The second-order valence-electron chi connectivity index (χ2n) is 6.28. The Morgan fingerprint density at radius 1 is 1.04 bits per heavy atom. The van der Waals surface area contributed by atoms with Crippen LogP contribution in [0, 0.1) is 5.82 Å². The molecule has 1 aromatic heterocycles. The normalized spacial score (nSPS) is 11.2. The lowest BCUT2D eigenvalue weighted by atomic mass is 10.0. The molecule has 8 heteroatoms. The van der Waals surface area contributed by atoms with E-state index in [0.29, 0.717) is 6.42 Å². The highest BCUT2D eigenvalue weighted by atomic mass is 35.5. The zero-order valence-corrected chi connectivity index (χ0v) is 16.9. The fourth-order valence-corrected chi connectivity index (χ4v) is 4.00. The molecule has 28 heavy (non-hydrogen) atoms. The fraction of sp³-hybridized carbons (Fsp3) is 0.250. The third-order valence-corrected chi connectivity index (χ3v) is 5.81. The van der Waals surface area contributed by atoms with E-state index < -0.39 is 10.0 Å². The summed E-state index contributed by atoms with van der Waals surface area (Å²) in [5.74, 6) is -0.277. The lowest BCUT2D eigenvalue weighted by Gasteiger charge is -2.11. The Balaban J connectivity index is 0.00000280. The predicted molar refractivity (Wildman–Crippen MR) is 110 cm³/mol. The van der Waals surface area contributed by atoms with E-state index in [9.17, 15) is 12.8 Å². The second-order valence-corrected chi connectivity index (χ2v) is 8.04. The first-order valence-electron chi connectivity index (χ1n) is 8.82. The summed E-state index contributed by atoms with van der Waals surface area (Å²) in [4.78, 5) is 4.25. The van der Waals surface area contributed by atoms with Crippen LogP contribution in [0.15, 0.2) is 72.1 Å². The number of nitrogens with zero attached hydrogens (tertiary/aromatic N) is 2. The number of hydrogen-bond donors (Lipinski definition) is 1. The van der Waals surface area contributed by atoms with Gasteiger partial charge in [-0.15, -0.1) is 12.4 Å². The van der Waals surface area contributed by atoms with Crippen LogP contribution >= 0.6 is 12.4 Å². The summed E-state index contributed by atoms with van der Waals surface area (Å²) in [6.45, 7) is 1.06. The Hall–Kier alpha value is -2.22. The Morgan fingerprint density at radius 3 is 2.54 bits per heavy atom. The van der Waals surface area contributed by atoms with Gasteiger partial charge in [0.2, 0.25) is 10.0 Å². The number of benzene rings is 2. The van der Waals surface area contributed by atoms with Crippen molar-refractivity contribution in [3.63, 3.8) is 0 Å². The Morgan fingerprint density at radius 2 is 1.82 bits per heavy atom. The van der Waals surface area contributed by atoms with Crippen LogP contribution in [0.1, 0.15) is 17.5 Å². The van der Waals surface area contributed by atoms with Crippen molar-refractivity contribution in [3.05, 3.63) is 84.2 Å². The van der Waals surface area contributed by atoms with Gasteiger partial charge in [-0.25, -0.2) is 22.5 Å². The minimum atomic E-state index is -3.53. The minimum Gasteiger partial charge on any atom is -0.337 e. The van der Waals surface area contributed by atoms with Crippen LogP contribution in [0.25, 0.3) is 0 Å². The van der Waals surface area contributed by atoms with E-state index in [2.05, 4.69) is 9.71 Å². The maximum absolute atomic E-state index is 13.7. The van der Waals surface area contributed by atoms with Gasteiger partial charge in [0.25, 0.3) is 0 Å². The third kappa shape index (κ3) is 6.15. The highest BCUT2D eigenvalue weighted by molar-refractivity contribution is 7.89. The summed E-state index contributed by atoms with van der Waals surface area (Å²) in [6.07, 6.45) is 7.45. The zero-order valence-electron chi connectivity index (χ0n) is 15.3. The van der Waals surface area contributed by atoms with Crippen LogP contribution in [0.4, 0.5) is 4.39 Å². The highest BCUT2D eigenvalue weighted by Gasteiger charge is 2.13. The van der Waals surface area contributed by atoms with Crippen molar-refractivity contribution in [3.8, 4) is 0 Å². The average molecular weight is 424 g/mol. The molecule has 1 N–H and O–H groups in total. The van der Waals surface area contributed by atoms with Crippen LogP contribution in [-0.2, 0) is 29.4 Å². The molecule has 150 valence electrons. The van der Waals surface area contributed by atoms with Crippen molar-refractivity contribution in [1.82, 2.24) is 14.3 Å². The summed E-state index contributed by atoms with van der Waals surface area (Å²) in [7, 11) is -3.53. The van der Waals surface area contributed by atoms with Crippen molar-refractivity contribution < 1.29 is 12.8 Å². The van der Waals surface area contributed by atoms with Crippen LogP contribution in [0.2, 0.25) is 0 Å². The van der Waals surface area contributed by atoms with Crippen molar-refractivity contribution in [2.45, 2.75) is 30.7 Å². The van der Waals surface area contributed by atoms with E-state index >= 15 is 0 Å². The Labute approximate surface area is 171 Å². The molecular weight excluding hydrogens is 401 g/mol. The molecule has 0 aliphatic heterocycles. The summed E-state index contributed by atoms with van der Waals surface area (Å²) >= 11 is 0. The molecule has 0 saturated heterocycles. The largest absolute Gasteiger partial charge is 0.337 e. The molecule has 1 heterocycles. The summed E-state index contributed by atoms with van der Waals surface area (Å²) < 4.78 is 42.8. The van der Waals surface area contributed by atoms with Crippen molar-refractivity contribution in [2.75, 3.05) is 6.54 Å². The Kier molecular flexibility index (Phi) is 8.17. The van der Waals surface area contributed by atoms with Gasteiger partial charge in [-0.3, -0.25) is 0 Å². The number of halogens is 2. The molecule has 0 unspecified atom stereocenters. The van der Waals surface area contributed by atoms with Gasteiger partial charge in [-0.05, 0) is 54.7 Å². The molecule has 3 rings (SSSR count). The lowest BCUT2D eigenvalue weighted by Crippen LogP contribution is -2.26. The van der Waals surface area contributed by atoms with E-state index in [1.165, 1.54) is 12.1 Å². The van der Waals surface area contributed by atoms with Crippen LogP contribution < -0.4 is 4.72 Å². The number of aryl methyl sites for hydroxylation is 2. The molecule has 3 aromatic rings. The number of sulfonamides is 1. The third-order valence-electron chi connectivity index (χ3n) is 4.33. The first-order valence-corrected chi connectivity index (χ1v) is 10.3. The van der Waals surface area contributed by atoms with Crippen molar-refractivity contribution in [1.29, 1.82) is 0 Å². The molecule has 0 amide bonds. The van der Waals surface area contributed by atoms with Gasteiger partial charge in [0.1, 0.15) is 5.82 Å². The summed E-state index contributed by atoms with van der Waals surface area (Å²) in [6, 6.07) is 12.9. The maximum atomic E-state index is 13.7. The predicted octanol–water partition coefficient (Wildman–Crippen LogP) is 3.60. The summed E-state index contributed by atoms with van der Waals surface area (Å²) in [5, 5.41) is 0. The maximum Gasteiger partial charge on any atom is 0.240 e. The molecular formula is C20H23ClFN3O2S. The van der Waals surface area contributed by atoms with E-state index in [-0.39, 0.29) is 29.7 Å². The number of imidazole rings is 1. The zero-order chi connectivity index (χ0) is 19.1. The summed E-state index contributed by atoms with van der Waals surface area (Å²) in [5.41, 5.74) is 1.87. The molecule has 0 aliphatic rings. The topological polar surface area (TPSA) is 64.0 Å². The molecule has 0 saturated carbocycles. The molecule has 0 radical (unpaired) electrons. The van der Waals surface area contributed by atoms with Crippen LogP contribution in [-0.4, -0.2) is 24.5 Å². The van der Waals surface area contributed by atoms with Crippen molar-refractivity contribution >= 4 is 22.4 Å². The molecule has 5 nitrogen and oxygen atoms in total. The Bertz CT molecular complexity index is 964. The first-order chi connectivity index (χ1) is 13.0. The quantitative estimate of drug-likeness (QED) is 0.572. The minimum absolute atomic E-state index is 0. The van der Waals surface area contributed by atoms with Gasteiger partial charge in [0.05, 0.1) is 11.2 Å². The number of aromatic nitrogens is 2. The van der Waals surface area contributed by atoms with E-state index in [0.717, 1.165) is 30.5 Å². The first kappa shape index (κ1) is 22.1. The monoisotopic (exact) mass is 423 g/mol. The SMILES string of the molecule is Cl.O=S(=O)(NCCc1ccc(F)cc1CCCn1ccnc1)c1ccccc1. The fourth-order valence-electron chi connectivity index (χ4n) is 2.95. The van der Waals surface area contributed by atoms with E-state index in [1.54, 1.807) is 48.9 Å². The van der Waals surface area contributed by atoms with Crippen molar-refractivity contribution in [2.24, 2.45) is 0 Å². The number of rotatable bonds is 9. The molecule has 0 aliphatic carbocycles. The molecule has 0 fully saturated rings. The van der Waals surface area contributed by atoms with Gasteiger partial charge in [-0.1, -0.05) is 24.3 Å². The second kappa shape index (κ2) is 10.4. The number of nitrogens with one attached hydrogen (secondary N) is 1. The molecule has 0 bridgehead atoms. The molecule has 0 atom stereocenters. The van der Waals surface area contributed by atoms with Crippen LogP contribution in [0.3, 0.4) is 0 Å². The highest BCUT2D eigenvalue weighted by Crippen LogP contribution is 2.15. The van der Waals surface area contributed by atoms with E-state index in [4.69, 9.17) is 0 Å². The van der Waals surface area contributed by atoms with E-state index in [1.807, 2.05) is 10.8 Å². The smallest absolute Gasteiger partial charge is 0.240 e.